The molecular formula is C24H25NO6. The maximum atomic E-state index is 10.6. The normalized spacial score (nSPS) is 26.7. The van der Waals surface area contributed by atoms with E-state index in [9.17, 15) is 20.4 Å². The minimum atomic E-state index is -1.43. The second kappa shape index (κ2) is 7.78. The number of benzene rings is 2. The van der Waals surface area contributed by atoms with E-state index in [-0.39, 0.29) is 0 Å². The highest BCUT2D eigenvalue weighted by Crippen LogP contribution is 2.35. The fraction of sp³-hybridized carbons (Fsp3) is 0.333. The molecule has 1 aliphatic rings. The Morgan fingerprint density at radius 2 is 1.84 bits per heavy atom. The van der Waals surface area contributed by atoms with Crippen molar-refractivity contribution in [1.82, 2.24) is 4.57 Å². The number of hydrogen-bond acceptors (Lipinski definition) is 6. The molecule has 0 amide bonds. The lowest BCUT2D eigenvalue weighted by Crippen LogP contribution is -2.56. The number of aromatic nitrogens is 1. The number of aliphatic hydroxyl groups excluding tert-OH is 4. The SMILES string of the molecule is Cc1cccc2c1c(Cc1ccc3occc3c1)cn2[C@@H]1O[C@H](CO)[C@@H](O)[C@H](O)[C@H]1O. The van der Waals surface area contributed by atoms with Crippen molar-refractivity contribution in [3.63, 3.8) is 0 Å². The van der Waals surface area contributed by atoms with Gasteiger partial charge in [0.2, 0.25) is 0 Å². The summed E-state index contributed by atoms with van der Waals surface area (Å²) in [6, 6.07) is 13.9. The van der Waals surface area contributed by atoms with Gasteiger partial charge in [0, 0.05) is 17.0 Å². The predicted octanol–water partition coefficient (Wildman–Crippen LogP) is 2.26. The minimum absolute atomic E-state index is 0.461. The lowest BCUT2D eigenvalue weighted by molar-refractivity contribution is -0.250. The standard InChI is InChI=1S/C24H25NO6/c1-13-3-2-4-17-20(13)16(10-14-5-6-18-15(9-14)7-8-30-18)11-25(17)24-23(29)22(28)21(27)19(12-26)31-24/h2-9,11,19,21-24,26-29H,10,12H2,1H3/t19-,21-,22+,23-,24-/m1/s1. The molecule has 1 fully saturated rings. The summed E-state index contributed by atoms with van der Waals surface area (Å²) in [5.74, 6) is 0. The van der Waals surface area contributed by atoms with Gasteiger partial charge in [-0.05, 0) is 54.3 Å². The molecular weight excluding hydrogens is 398 g/mol. The average Bonchev–Trinajstić information content (AvgIpc) is 3.38. The lowest BCUT2D eigenvalue weighted by Gasteiger charge is -2.40. The summed E-state index contributed by atoms with van der Waals surface area (Å²) in [6.07, 6.45) is -1.81. The molecule has 7 heteroatoms. The van der Waals surface area contributed by atoms with E-state index in [0.29, 0.717) is 6.42 Å². The fourth-order valence-electron chi connectivity index (χ4n) is 4.59. The van der Waals surface area contributed by atoms with E-state index in [1.54, 1.807) is 10.8 Å². The van der Waals surface area contributed by atoms with Gasteiger partial charge in [0.1, 0.15) is 30.0 Å². The van der Waals surface area contributed by atoms with Gasteiger partial charge in [0.05, 0.1) is 18.4 Å². The van der Waals surface area contributed by atoms with Gasteiger partial charge >= 0.3 is 0 Å². The molecule has 0 saturated carbocycles. The molecule has 4 N–H and O–H groups in total. The van der Waals surface area contributed by atoms with Crippen LogP contribution in [0.15, 0.2) is 59.3 Å². The molecule has 5 rings (SSSR count). The minimum Gasteiger partial charge on any atom is -0.464 e. The van der Waals surface area contributed by atoms with Gasteiger partial charge in [-0.1, -0.05) is 18.2 Å². The Kier molecular flexibility index (Phi) is 5.08. The largest absolute Gasteiger partial charge is 0.464 e. The van der Waals surface area contributed by atoms with Crippen LogP contribution >= 0.6 is 0 Å². The van der Waals surface area contributed by atoms with Crippen molar-refractivity contribution < 1.29 is 29.6 Å². The number of hydrogen-bond donors (Lipinski definition) is 4. The molecule has 4 aromatic rings. The van der Waals surface area contributed by atoms with Gasteiger partial charge < -0.3 is 34.1 Å². The van der Waals surface area contributed by atoms with Crippen LogP contribution in [0.2, 0.25) is 0 Å². The summed E-state index contributed by atoms with van der Waals surface area (Å²) < 4.78 is 13.0. The van der Waals surface area contributed by atoms with Crippen molar-refractivity contribution in [2.45, 2.75) is 44.0 Å². The number of aliphatic hydroxyl groups is 4. The van der Waals surface area contributed by atoms with Crippen molar-refractivity contribution in [3.8, 4) is 0 Å². The number of aryl methyl sites for hydroxylation is 1. The van der Waals surface area contributed by atoms with Crippen molar-refractivity contribution >= 4 is 21.9 Å². The van der Waals surface area contributed by atoms with E-state index in [0.717, 1.165) is 38.6 Å². The summed E-state index contributed by atoms with van der Waals surface area (Å²) in [4.78, 5) is 0. The van der Waals surface area contributed by atoms with E-state index in [1.807, 2.05) is 49.5 Å². The first-order valence-corrected chi connectivity index (χ1v) is 10.3. The molecule has 31 heavy (non-hydrogen) atoms. The first-order chi connectivity index (χ1) is 15.0. The molecule has 2 aromatic carbocycles. The highest BCUT2D eigenvalue weighted by atomic mass is 16.6. The highest BCUT2D eigenvalue weighted by molar-refractivity contribution is 5.88. The molecule has 2 aromatic heterocycles. The second-order valence-corrected chi connectivity index (χ2v) is 8.22. The number of nitrogens with zero attached hydrogens (tertiary/aromatic N) is 1. The lowest BCUT2D eigenvalue weighted by atomic mass is 9.98. The first-order valence-electron chi connectivity index (χ1n) is 10.3. The Balaban J connectivity index is 1.59. The molecule has 7 nitrogen and oxygen atoms in total. The summed E-state index contributed by atoms with van der Waals surface area (Å²) in [6.45, 7) is 1.57. The van der Waals surface area contributed by atoms with Gasteiger partial charge in [-0.15, -0.1) is 0 Å². The fourth-order valence-corrected chi connectivity index (χ4v) is 4.59. The van der Waals surface area contributed by atoms with Gasteiger partial charge in [-0.2, -0.15) is 0 Å². The van der Waals surface area contributed by atoms with Gasteiger partial charge in [-0.3, -0.25) is 0 Å². The number of furan rings is 1. The van der Waals surface area contributed by atoms with E-state index in [2.05, 4.69) is 6.07 Å². The smallest absolute Gasteiger partial charge is 0.163 e. The summed E-state index contributed by atoms with van der Waals surface area (Å²) in [5.41, 5.74) is 4.94. The van der Waals surface area contributed by atoms with E-state index in [4.69, 9.17) is 9.15 Å². The Bertz CT molecular complexity index is 1230. The summed E-state index contributed by atoms with van der Waals surface area (Å²) >= 11 is 0. The third kappa shape index (κ3) is 3.35. The van der Waals surface area contributed by atoms with Gasteiger partial charge in [-0.25, -0.2) is 0 Å². The third-order valence-electron chi connectivity index (χ3n) is 6.20. The van der Waals surface area contributed by atoms with Crippen LogP contribution < -0.4 is 0 Å². The molecule has 0 aliphatic carbocycles. The van der Waals surface area contributed by atoms with Crippen LogP contribution in [0.5, 0.6) is 0 Å². The monoisotopic (exact) mass is 423 g/mol. The van der Waals surface area contributed by atoms with Crippen LogP contribution in [0.4, 0.5) is 0 Å². The van der Waals surface area contributed by atoms with Crippen LogP contribution in [0, 0.1) is 6.92 Å². The van der Waals surface area contributed by atoms with Gasteiger partial charge in [0.25, 0.3) is 0 Å². The van der Waals surface area contributed by atoms with Crippen LogP contribution in [0.1, 0.15) is 22.9 Å². The molecule has 1 aliphatic heterocycles. The number of rotatable bonds is 4. The van der Waals surface area contributed by atoms with Crippen molar-refractivity contribution in [3.05, 3.63) is 71.6 Å². The second-order valence-electron chi connectivity index (χ2n) is 8.22. The average molecular weight is 423 g/mol. The summed E-state index contributed by atoms with van der Waals surface area (Å²) in [5, 5.41) is 42.7. The zero-order valence-electron chi connectivity index (χ0n) is 17.0. The molecule has 0 unspecified atom stereocenters. The third-order valence-corrected chi connectivity index (χ3v) is 6.20. The molecule has 3 heterocycles. The van der Waals surface area contributed by atoms with E-state index in [1.165, 1.54) is 0 Å². The zero-order chi connectivity index (χ0) is 21.7. The number of fused-ring (bicyclic) bond motifs is 2. The van der Waals surface area contributed by atoms with Crippen molar-refractivity contribution in [2.24, 2.45) is 0 Å². The Morgan fingerprint density at radius 1 is 1.00 bits per heavy atom. The zero-order valence-corrected chi connectivity index (χ0v) is 17.0. The van der Waals surface area contributed by atoms with Crippen LogP contribution in [-0.2, 0) is 11.2 Å². The van der Waals surface area contributed by atoms with Crippen LogP contribution in [-0.4, -0.2) is 56.0 Å². The number of ether oxygens (including phenoxy) is 1. The van der Waals surface area contributed by atoms with E-state index < -0.39 is 37.3 Å². The first kappa shape index (κ1) is 20.2. The topological polar surface area (TPSA) is 108 Å². The predicted molar refractivity (Wildman–Crippen MR) is 115 cm³/mol. The molecule has 0 radical (unpaired) electrons. The Labute approximate surface area is 178 Å². The molecule has 1 saturated heterocycles. The van der Waals surface area contributed by atoms with Crippen molar-refractivity contribution in [1.29, 1.82) is 0 Å². The summed E-state index contributed by atoms with van der Waals surface area (Å²) in [7, 11) is 0. The maximum absolute atomic E-state index is 10.6. The maximum Gasteiger partial charge on any atom is 0.163 e. The van der Waals surface area contributed by atoms with Crippen molar-refractivity contribution in [2.75, 3.05) is 6.61 Å². The molecule has 0 bridgehead atoms. The molecule has 162 valence electrons. The Morgan fingerprint density at radius 3 is 2.65 bits per heavy atom. The molecule has 0 spiro atoms. The van der Waals surface area contributed by atoms with Crippen LogP contribution in [0.3, 0.4) is 0 Å². The molecule has 5 atom stereocenters. The van der Waals surface area contributed by atoms with Crippen LogP contribution in [0.25, 0.3) is 21.9 Å². The van der Waals surface area contributed by atoms with E-state index >= 15 is 0 Å². The van der Waals surface area contributed by atoms with Gasteiger partial charge in [0.15, 0.2) is 6.23 Å². The highest BCUT2D eigenvalue weighted by Gasteiger charge is 2.44. The Hall–Kier alpha value is -2.68. The quantitative estimate of drug-likeness (QED) is 0.401.